The summed E-state index contributed by atoms with van der Waals surface area (Å²) in [6.07, 6.45) is 1.28. The first-order chi connectivity index (χ1) is 9.88. The van der Waals surface area contributed by atoms with Crippen molar-refractivity contribution >= 4 is 29.2 Å². The van der Waals surface area contributed by atoms with Crippen LogP contribution in [0.15, 0.2) is 30.5 Å². The van der Waals surface area contributed by atoms with E-state index in [1.54, 1.807) is 0 Å². The van der Waals surface area contributed by atoms with Gasteiger partial charge in [-0.3, -0.25) is 4.79 Å². The molecule has 0 fully saturated rings. The molecule has 0 atom stereocenters. The first kappa shape index (κ1) is 14.9. The van der Waals surface area contributed by atoms with Crippen LogP contribution in [0.2, 0.25) is 5.15 Å². The lowest BCUT2D eigenvalue weighted by molar-refractivity contribution is 0.0697. The second-order valence-corrected chi connectivity index (χ2v) is 4.33. The molecule has 0 spiro atoms. The SMILES string of the molecule is O=C(Nc1cc(F)c(F)cc1C(=O)O)c1ccnc(Cl)c1. The average Bonchev–Trinajstić information content (AvgIpc) is 2.42. The Bertz CT molecular complexity index is 737. The molecule has 1 amide bonds. The van der Waals surface area contributed by atoms with Gasteiger partial charge < -0.3 is 10.4 Å². The van der Waals surface area contributed by atoms with E-state index in [9.17, 15) is 18.4 Å². The van der Waals surface area contributed by atoms with Gasteiger partial charge in [-0.15, -0.1) is 0 Å². The number of halogens is 3. The van der Waals surface area contributed by atoms with Crippen LogP contribution in [0, 0.1) is 11.6 Å². The lowest BCUT2D eigenvalue weighted by Gasteiger charge is -2.09. The molecule has 21 heavy (non-hydrogen) atoms. The number of anilines is 1. The summed E-state index contributed by atoms with van der Waals surface area (Å²) < 4.78 is 26.2. The number of carbonyl (C=O) groups excluding carboxylic acids is 1. The van der Waals surface area contributed by atoms with Gasteiger partial charge in [-0.25, -0.2) is 18.6 Å². The Balaban J connectivity index is 2.37. The van der Waals surface area contributed by atoms with Crippen LogP contribution in [0.1, 0.15) is 20.7 Å². The number of aromatic nitrogens is 1. The lowest BCUT2D eigenvalue weighted by Crippen LogP contribution is -2.15. The number of rotatable bonds is 3. The molecule has 0 aliphatic heterocycles. The zero-order valence-corrected chi connectivity index (χ0v) is 11.0. The van der Waals surface area contributed by atoms with Gasteiger partial charge in [0.05, 0.1) is 11.3 Å². The Morgan fingerprint density at radius 1 is 1.19 bits per heavy atom. The Kier molecular flexibility index (Phi) is 4.13. The maximum absolute atomic E-state index is 13.2. The summed E-state index contributed by atoms with van der Waals surface area (Å²) in [6, 6.07) is 3.67. The molecule has 108 valence electrons. The van der Waals surface area contributed by atoms with E-state index in [0.29, 0.717) is 12.1 Å². The number of hydrogen-bond donors (Lipinski definition) is 2. The number of pyridine rings is 1. The molecular weight excluding hydrogens is 306 g/mol. The largest absolute Gasteiger partial charge is 0.478 e. The molecule has 0 aliphatic carbocycles. The molecule has 5 nitrogen and oxygen atoms in total. The third-order valence-corrected chi connectivity index (χ3v) is 2.73. The molecule has 0 radical (unpaired) electrons. The second kappa shape index (κ2) is 5.84. The number of hydrogen-bond acceptors (Lipinski definition) is 3. The molecule has 0 bridgehead atoms. The number of nitrogens with one attached hydrogen (secondary N) is 1. The van der Waals surface area contributed by atoms with Crippen LogP contribution < -0.4 is 5.32 Å². The van der Waals surface area contributed by atoms with Crippen molar-refractivity contribution in [1.82, 2.24) is 4.98 Å². The number of nitrogens with zero attached hydrogens (tertiary/aromatic N) is 1. The molecule has 1 heterocycles. The van der Waals surface area contributed by atoms with E-state index in [4.69, 9.17) is 16.7 Å². The maximum atomic E-state index is 13.2. The minimum Gasteiger partial charge on any atom is -0.478 e. The zero-order chi connectivity index (χ0) is 15.6. The van der Waals surface area contributed by atoms with Gasteiger partial charge in [0.1, 0.15) is 5.15 Å². The van der Waals surface area contributed by atoms with Crippen molar-refractivity contribution in [2.75, 3.05) is 5.32 Å². The van der Waals surface area contributed by atoms with E-state index in [2.05, 4.69) is 10.3 Å². The van der Waals surface area contributed by atoms with Crippen molar-refractivity contribution in [3.8, 4) is 0 Å². The molecule has 2 rings (SSSR count). The fourth-order valence-corrected chi connectivity index (χ4v) is 1.74. The average molecular weight is 313 g/mol. The van der Waals surface area contributed by atoms with Gasteiger partial charge in [-0.1, -0.05) is 11.6 Å². The molecule has 1 aromatic heterocycles. The number of carboxylic acid groups (broad SMARTS) is 1. The Morgan fingerprint density at radius 3 is 2.48 bits per heavy atom. The minimum absolute atomic E-state index is 0.0615. The van der Waals surface area contributed by atoms with Crippen LogP contribution in [0.5, 0.6) is 0 Å². The first-order valence-corrected chi connectivity index (χ1v) is 5.91. The summed E-state index contributed by atoms with van der Waals surface area (Å²) in [5.74, 6) is -4.83. The highest BCUT2D eigenvalue weighted by Crippen LogP contribution is 2.21. The van der Waals surface area contributed by atoms with Gasteiger partial charge in [-0.2, -0.15) is 0 Å². The minimum atomic E-state index is -1.50. The summed E-state index contributed by atoms with van der Waals surface area (Å²) in [7, 11) is 0. The van der Waals surface area contributed by atoms with E-state index in [-0.39, 0.29) is 16.4 Å². The van der Waals surface area contributed by atoms with Gasteiger partial charge in [-0.05, 0) is 18.2 Å². The number of amides is 1. The van der Waals surface area contributed by atoms with Crippen LogP contribution in [0.4, 0.5) is 14.5 Å². The number of carboxylic acids is 1. The highest BCUT2D eigenvalue weighted by atomic mass is 35.5. The normalized spacial score (nSPS) is 10.2. The van der Waals surface area contributed by atoms with Crippen LogP contribution >= 0.6 is 11.6 Å². The van der Waals surface area contributed by atoms with Crippen molar-refractivity contribution in [1.29, 1.82) is 0 Å². The number of carbonyl (C=O) groups is 2. The van der Waals surface area contributed by atoms with E-state index >= 15 is 0 Å². The third-order valence-electron chi connectivity index (χ3n) is 2.53. The summed E-state index contributed by atoms with van der Waals surface area (Å²) in [5.41, 5.74) is -0.835. The zero-order valence-electron chi connectivity index (χ0n) is 10.2. The molecule has 2 aromatic rings. The molecule has 0 saturated carbocycles. The van der Waals surface area contributed by atoms with Gasteiger partial charge in [0.2, 0.25) is 0 Å². The number of aromatic carboxylic acids is 1. The van der Waals surface area contributed by atoms with E-state index < -0.39 is 29.1 Å². The van der Waals surface area contributed by atoms with Crippen LogP contribution in [0.25, 0.3) is 0 Å². The fourth-order valence-electron chi connectivity index (χ4n) is 1.57. The van der Waals surface area contributed by atoms with Crippen molar-refractivity contribution in [2.45, 2.75) is 0 Å². The van der Waals surface area contributed by atoms with Gasteiger partial charge in [0, 0.05) is 17.8 Å². The summed E-state index contributed by atoms with van der Waals surface area (Å²) in [4.78, 5) is 26.6. The Hall–Kier alpha value is -2.54. The lowest BCUT2D eigenvalue weighted by atomic mass is 10.1. The summed E-state index contributed by atoms with van der Waals surface area (Å²) >= 11 is 5.62. The number of benzene rings is 1. The smallest absolute Gasteiger partial charge is 0.337 e. The van der Waals surface area contributed by atoms with E-state index in [1.807, 2.05) is 0 Å². The predicted octanol–water partition coefficient (Wildman–Crippen LogP) is 2.96. The molecule has 1 aromatic carbocycles. The highest BCUT2D eigenvalue weighted by Gasteiger charge is 2.17. The highest BCUT2D eigenvalue weighted by molar-refractivity contribution is 6.29. The second-order valence-electron chi connectivity index (χ2n) is 3.94. The van der Waals surface area contributed by atoms with Gasteiger partial charge in [0.25, 0.3) is 5.91 Å². The van der Waals surface area contributed by atoms with Crippen LogP contribution in [-0.4, -0.2) is 22.0 Å². The van der Waals surface area contributed by atoms with Crippen LogP contribution in [-0.2, 0) is 0 Å². The molecule has 0 saturated heterocycles. The quantitative estimate of drug-likeness (QED) is 0.854. The van der Waals surface area contributed by atoms with Crippen molar-refractivity contribution in [3.63, 3.8) is 0 Å². The third kappa shape index (κ3) is 3.32. The van der Waals surface area contributed by atoms with Crippen molar-refractivity contribution in [2.24, 2.45) is 0 Å². The van der Waals surface area contributed by atoms with Gasteiger partial charge in [0.15, 0.2) is 11.6 Å². The standard InChI is InChI=1S/C13H7ClF2N2O3/c14-11-3-6(1-2-17-11)12(19)18-10-5-9(16)8(15)4-7(10)13(20)21/h1-5H,(H,18,19)(H,20,21). The Morgan fingerprint density at radius 2 is 1.86 bits per heavy atom. The van der Waals surface area contributed by atoms with E-state index in [0.717, 1.165) is 0 Å². The first-order valence-electron chi connectivity index (χ1n) is 5.53. The van der Waals surface area contributed by atoms with Crippen molar-refractivity contribution < 1.29 is 23.5 Å². The monoisotopic (exact) mass is 312 g/mol. The van der Waals surface area contributed by atoms with Crippen LogP contribution in [0.3, 0.4) is 0 Å². The predicted molar refractivity (Wildman–Crippen MR) is 70.5 cm³/mol. The summed E-state index contributed by atoms with van der Waals surface area (Å²) in [6.45, 7) is 0. The topological polar surface area (TPSA) is 79.3 Å². The molecule has 2 N–H and O–H groups in total. The molecular formula is C13H7ClF2N2O3. The Labute approximate surface area is 122 Å². The van der Waals surface area contributed by atoms with E-state index in [1.165, 1.54) is 18.3 Å². The fraction of sp³-hybridized carbons (Fsp3) is 0. The molecule has 8 heteroatoms. The van der Waals surface area contributed by atoms with Crippen molar-refractivity contribution in [3.05, 3.63) is 58.4 Å². The van der Waals surface area contributed by atoms with Gasteiger partial charge >= 0.3 is 5.97 Å². The summed E-state index contributed by atoms with van der Waals surface area (Å²) in [5, 5.41) is 11.2. The molecule has 0 unspecified atom stereocenters. The maximum Gasteiger partial charge on any atom is 0.337 e. The molecule has 0 aliphatic rings.